The number of hydrogen-bond acceptors (Lipinski definition) is 5. The molecular weight excluding hydrogens is 292 g/mol. The molecule has 0 saturated carbocycles. The molecule has 23 heavy (non-hydrogen) atoms. The summed E-state index contributed by atoms with van der Waals surface area (Å²) in [5.74, 6) is 1.83. The molecule has 7 nitrogen and oxygen atoms in total. The molecule has 1 saturated heterocycles. The van der Waals surface area contributed by atoms with Crippen molar-refractivity contribution in [3.05, 3.63) is 35.4 Å². The summed E-state index contributed by atoms with van der Waals surface area (Å²) >= 11 is 0. The van der Waals surface area contributed by atoms with Crippen molar-refractivity contribution < 1.29 is 4.79 Å². The zero-order chi connectivity index (χ0) is 16.2. The Morgan fingerprint density at radius 3 is 3.09 bits per heavy atom. The first-order valence-electron chi connectivity index (χ1n) is 8.16. The highest BCUT2D eigenvalue weighted by Gasteiger charge is 2.28. The van der Waals surface area contributed by atoms with E-state index in [4.69, 9.17) is 0 Å². The second kappa shape index (κ2) is 6.85. The number of carbonyl (C=O) groups excluding carboxylic acids is 1. The third-order valence-corrected chi connectivity index (χ3v) is 4.20. The van der Waals surface area contributed by atoms with E-state index in [1.165, 1.54) is 6.33 Å². The number of nitrogens with zero attached hydrogens (tertiary/aromatic N) is 5. The van der Waals surface area contributed by atoms with Gasteiger partial charge in [-0.15, -0.1) is 0 Å². The summed E-state index contributed by atoms with van der Waals surface area (Å²) in [5, 5.41) is 7.14. The molecule has 2 aromatic heterocycles. The van der Waals surface area contributed by atoms with Crippen molar-refractivity contribution >= 4 is 5.91 Å². The molecule has 0 unspecified atom stereocenters. The first-order chi connectivity index (χ1) is 11.2. The zero-order valence-corrected chi connectivity index (χ0v) is 13.6. The van der Waals surface area contributed by atoms with Crippen molar-refractivity contribution in [1.82, 2.24) is 30.0 Å². The lowest BCUT2D eigenvalue weighted by atomic mass is 9.96. The molecule has 1 amide bonds. The van der Waals surface area contributed by atoms with Gasteiger partial charge in [-0.25, -0.2) is 15.0 Å². The summed E-state index contributed by atoms with van der Waals surface area (Å²) in [7, 11) is 0. The average Bonchev–Trinajstić information content (AvgIpc) is 3.02. The van der Waals surface area contributed by atoms with E-state index in [9.17, 15) is 4.79 Å². The second-order valence-corrected chi connectivity index (χ2v) is 6.00. The Balaban J connectivity index is 1.77. The molecule has 0 aliphatic carbocycles. The van der Waals surface area contributed by atoms with Gasteiger partial charge in [0.05, 0.1) is 11.3 Å². The molecule has 1 aliphatic heterocycles. The first-order valence-corrected chi connectivity index (χ1v) is 8.16. The largest absolute Gasteiger partial charge is 0.338 e. The number of rotatable bonds is 4. The molecule has 0 bridgehead atoms. The van der Waals surface area contributed by atoms with E-state index in [0.29, 0.717) is 12.1 Å². The molecule has 0 aromatic carbocycles. The molecule has 2 aromatic rings. The topological polar surface area (TPSA) is 87.7 Å². The monoisotopic (exact) mass is 314 g/mol. The van der Waals surface area contributed by atoms with E-state index in [0.717, 1.165) is 49.6 Å². The van der Waals surface area contributed by atoms with E-state index in [2.05, 4.69) is 32.1 Å². The van der Waals surface area contributed by atoms with E-state index in [1.54, 1.807) is 6.20 Å². The molecule has 122 valence electrons. The number of piperidine rings is 1. The Morgan fingerprint density at radius 1 is 1.48 bits per heavy atom. The normalized spacial score (nSPS) is 18.2. The number of likely N-dealkylation sites (tertiary alicyclic amines) is 1. The fourth-order valence-electron chi connectivity index (χ4n) is 3.05. The van der Waals surface area contributed by atoms with Crippen LogP contribution in [0.3, 0.4) is 0 Å². The predicted molar refractivity (Wildman–Crippen MR) is 85.0 cm³/mol. The highest BCUT2D eigenvalue weighted by Crippen LogP contribution is 2.25. The Bertz CT molecular complexity index is 683. The third kappa shape index (κ3) is 3.38. The summed E-state index contributed by atoms with van der Waals surface area (Å²) in [6, 6.07) is 0. The van der Waals surface area contributed by atoms with E-state index >= 15 is 0 Å². The molecule has 0 spiro atoms. The Morgan fingerprint density at radius 2 is 2.35 bits per heavy atom. The molecule has 0 radical (unpaired) electrons. The van der Waals surface area contributed by atoms with Crippen molar-refractivity contribution in [2.75, 3.05) is 13.1 Å². The Hall–Kier alpha value is -2.31. The second-order valence-electron chi connectivity index (χ2n) is 6.00. The third-order valence-electron chi connectivity index (χ3n) is 4.20. The van der Waals surface area contributed by atoms with Crippen molar-refractivity contribution in [3.8, 4) is 0 Å². The summed E-state index contributed by atoms with van der Waals surface area (Å²) in [4.78, 5) is 27.5. The van der Waals surface area contributed by atoms with Crippen molar-refractivity contribution in [1.29, 1.82) is 0 Å². The molecule has 1 fully saturated rings. The Kier molecular flexibility index (Phi) is 4.64. The van der Waals surface area contributed by atoms with Gasteiger partial charge in [0.25, 0.3) is 5.91 Å². The lowest BCUT2D eigenvalue weighted by Crippen LogP contribution is -2.40. The van der Waals surface area contributed by atoms with Gasteiger partial charge in [-0.3, -0.25) is 9.89 Å². The lowest BCUT2D eigenvalue weighted by Gasteiger charge is -2.31. The fourth-order valence-corrected chi connectivity index (χ4v) is 3.05. The maximum Gasteiger partial charge on any atom is 0.257 e. The van der Waals surface area contributed by atoms with Crippen LogP contribution in [0.2, 0.25) is 0 Å². The number of nitrogens with one attached hydrogen (secondary N) is 1. The van der Waals surface area contributed by atoms with Crippen LogP contribution in [-0.2, 0) is 6.42 Å². The fraction of sp³-hybridized carbons (Fsp3) is 0.562. The minimum Gasteiger partial charge on any atom is -0.338 e. The van der Waals surface area contributed by atoms with Crippen LogP contribution < -0.4 is 0 Å². The van der Waals surface area contributed by atoms with Crippen molar-refractivity contribution in [2.45, 2.75) is 45.4 Å². The number of amides is 1. The van der Waals surface area contributed by atoms with Crippen molar-refractivity contribution in [3.63, 3.8) is 0 Å². The first kappa shape index (κ1) is 15.6. The van der Waals surface area contributed by atoms with E-state index < -0.39 is 0 Å². The van der Waals surface area contributed by atoms with Gasteiger partial charge in [-0.1, -0.05) is 13.3 Å². The van der Waals surface area contributed by atoms with Gasteiger partial charge in [-0.05, 0) is 26.2 Å². The standard InChI is InChI=1S/C16H22N6O/c1-3-5-14-13(8-17-10-18-14)16(23)22-7-4-6-12(9-22)15-19-11(2)20-21-15/h8,10,12H,3-7,9H2,1-2H3,(H,19,20,21)/t12-/m0/s1. The summed E-state index contributed by atoms with van der Waals surface area (Å²) in [5.41, 5.74) is 1.46. The van der Waals surface area contributed by atoms with Crippen molar-refractivity contribution in [2.24, 2.45) is 0 Å². The number of carbonyl (C=O) groups is 1. The van der Waals surface area contributed by atoms with Crippen LogP contribution in [0.15, 0.2) is 12.5 Å². The van der Waals surface area contributed by atoms with Crippen LogP contribution in [0, 0.1) is 6.92 Å². The maximum atomic E-state index is 12.9. The molecule has 3 rings (SSSR count). The number of aromatic amines is 1. The minimum absolute atomic E-state index is 0.0195. The highest BCUT2D eigenvalue weighted by molar-refractivity contribution is 5.95. The predicted octanol–water partition coefficient (Wildman–Crippen LogP) is 1.88. The number of aromatic nitrogens is 5. The molecule has 1 N–H and O–H groups in total. The lowest BCUT2D eigenvalue weighted by molar-refractivity contribution is 0.0702. The van der Waals surface area contributed by atoms with Crippen LogP contribution in [0.4, 0.5) is 0 Å². The summed E-state index contributed by atoms with van der Waals surface area (Å²) in [6.07, 6.45) is 6.87. The molecular formula is C16H22N6O. The smallest absolute Gasteiger partial charge is 0.257 e. The number of aryl methyl sites for hydroxylation is 2. The van der Waals surface area contributed by atoms with Crippen LogP contribution in [0.5, 0.6) is 0 Å². The molecule has 7 heteroatoms. The van der Waals surface area contributed by atoms with Gasteiger partial charge in [-0.2, -0.15) is 5.10 Å². The van der Waals surface area contributed by atoms with Gasteiger partial charge in [0.15, 0.2) is 5.82 Å². The van der Waals surface area contributed by atoms with Gasteiger partial charge >= 0.3 is 0 Å². The summed E-state index contributed by atoms with van der Waals surface area (Å²) < 4.78 is 0. The van der Waals surface area contributed by atoms with Crippen LogP contribution in [-0.4, -0.2) is 49.0 Å². The Labute approximate surface area is 135 Å². The van der Waals surface area contributed by atoms with E-state index in [-0.39, 0.29) is 11.8 Å². The minimum atomic E-state index is 0.0195. The van der Waals surface area contributed by atoms with Gasteiger partial charge < -0.3 is 4.90 Å². The molecule has 3 heterocycles. The maximum absolute atomic E-state index is 12.9. The molecule has 1 atom stereocenters. The van der Waals surface area contributed by atoms with Crippen LogP contribution in [0.25, 0.3) is 0 Å². The van der Waals surface area contributed by atoms with Gasteiger partial charge in [0.2, 0.25) is 0 Å². The van der Waals surface area contributed by atoms with Gasteiger partial charge in [0, 0.05) is 25.2 Å². The van der Waals surface area contributed by atoms with Crippen LogP contribution in [0.1, 0.15) is 59.8 Å². The number of H-pyrrole nitrogens is 1. The quantitative estimate of drug-likeness (QED) is 0.931. The molecule has 1 aliphatic rings. The van der Waals surface area contributed by atoms with Crippen LogP contribution >= 0.6 is 0 Å². The highest BCUT2D eigenvalue weighted by atomic mass is 16.2. The average molecular weight is 314 g/mol. The zero-order valence-electron chi connectivity index (χ0n) is 13.6. The van der Waals surface area contributed by atoms with Gasteiger partial charge in [0.1, 0.15) is 12.2 Å². The number of hydrogen-bond donors (Lipinski definition) is 1. The SMILES string of the molecule is CCCc1ncncc1C(=O)N1CCC[C@H](c2n[nH]c(C)n2)C1. The van der Waals surface area contributed by atoms with E-state index in [1.807, 2.05) is 11.8 Å². The summed E-state index contributed by atoms with van der Waals surface area (Å²) in [6.45, 7) is 5.38.